The van der Waals surface area contributed by atoms with Gasteiger partial charge in [-0.25, -0.2) is 15.0 Å². The zero-order valence-corrected chi connectivity index (χ0v) is 14.7. The van der Waals surface area contributed by atoms with Crippen molar-refractivity contribution in [1.29, 1.82) is 0 Å². The van der Waals surface area contributed by atoms with Crippen LogP contribution in [0.1, 0.15) is 35.1 Å². The van der Waals surface area contributed by atoms with Crippen molar-refractivity contribution in [1.82, 2.24) is 25.6 Å². The number of carbonyl (C=O) groups is 1. The summed E-state index contributed by atoms with van der Waals surface area (Å²) >= 11 is 1.34. The van der Waals surface area contributed by atoms with E-state index in [1.54, 1.807) is 18.5 Å². The van der Waals surface area contributed by atoms with Crippen LogP contribution in [-0.2, 0) is 0 Å². The highest BCUT2D eigenvalue weighted by molar-refractivity contribution is 7.17. The van der Waals surface area contributed by atoms with Crippen LogP contribution in [0.4, 0.5) is 0 Å². The van der Waals surface area contributed by atoms with E-state index in [9.17, 15) is 4.79 Å². The first-order valence-electron chi connectivity index (χ1n) is 7.44. The highest BCUT2D eigenvalue weighted by Gasteiger charge is 2.25. The van der Waals surface area contributed by atoms with Crippen molar-refractivity contribution in [2.45, 2.75) is 38.8 Å². The molecular formula is C15H20ClN5OS. The summed E-state index contributed by atoms with van der Waals surface area (Å²) in [6, 6.07) is 2.22. The lowest BCUT2D eigenvalue weighted by molar-refractivity contribution is 0.0923. The number of rotatable bonds is 3. The van der Waals surface area contributed by atoms with Crippen molar-refractivity contribution in [3.05, 3.63) is 29.0 Å². The first-order chi connectivity index (χ1) is 10.6. The minimum absolute atomic E-state index is 0. The molecule has 6 nitrogen and oxygen atoms in total. The van der Waals surface area contributed by atoms with E-state index >= 15 is 0 Å². The third-order valence-corrected chi connectivity index (χ3v) is 4.99. The van der Waals surface area contributed by atoms with Gasteiger partial charge in [-0.1, -0.05) is 0 Å². The second kappa shape index (κ2) is 7.81. The van der Waals surface area contributed by atoms with Crippen LogP contribution in [0.3, 0.4) is 0 Å². The minimum atomic E-state index is -0.0577. The van der Waals surface area contributed by atoms with Crippen molar-refractivity contribution in [2.24, 2.45) is 0 Å². The topological polar surface area (TPSA) is 79.8 Å². The summed E-state index contributed by atoms with van der Waals surface area (Å²) in [5.41, 5.74) is 0.723. The molecule has 2 aromatic rings. The Balaban J connectivity index is 0.00000192. The molecule has 0 saturated carbocycles. The normalized spacial score (nSPS) is 20.6. The van der Waals surface area contributed by atoms with Crippen LogP contribution < -0.4 is 10.6 Å². The Kier molecular flexibility index (Phi) is 6.04. The molecule has 2 aromatic heterocycles. The summed E-state index contributed by atoms with van der Waals surface area (Å²) in [4.78, 5) is 26.0. The average Bonchev–Trinajstić information content (AvgIpc) is 2.92. The Hall–Kier alpha value is -1.57. The van der Waals surface area contributed by atoms with Gasteiger partial charge in [-0.05, 0) is 39.3 Å². The third kappa shape index (κ3) is 4.04. The van der Waals surface area contributed by atoms with E-state index in [1.165, 1.54) is 11.3 Å². The monoisotopic (exact) mass is 353 g/mol. The van der Waals surface area contributed by atoms with Crippen LogP contribution in [0.5, 0.6) is 0 Å². The molecule has 124 valence electrons. The molecule has 0 radical (unpaired) electrons. The van der Waals surface area contributed by atoms with Crippen LogP contribution in [0.15, 0.2) is 18.5 Å². The lowest BCUT2D eigenvalue weighted by atomic mass is 10.00. The average molecular weight is 354 g/mol. The summed E-state index contributed by atoms with van der Waals surface area (Å²) in [5, 5.41) is 7.19. The van der Waals surface area contributed by atoms with E-state index in [2.05, 4.69) is 32.5 Å². The first-order valence-corrected chi connectivity index (χ1v) is 8.26. The smallest absolute Gasteiger partial charge is 0.263 e. The van der Waals surface area contributed by atoms with Crippen LogP contribution >= 0.6 is 23.7 Å². The zero-order chi connectivity index (χ0) is 15.5. The number of hydrogen-bond donors (Lipinski definition) is 2. The van der Waals surface area contributed by atoms with Gasteiger partial charge in [0.15, 0.2) is 10.8 Å². The Morgan fingerprint density at radius 1 is 1.39 bits per heavy atom. The van der Waals surface area contributed by atoms with Gasteiger partial charge in [0.2, 0.25) is 0 Å². The number of piperidine rings is 1. The highest BCUT2D eigenvalue weighted by atomic mass is 35.5. The van der Waals surface area contributed by atoms with Gasteiger partial charge < -0.3 is 10.6 Å². The van der Waals surface area contributed by atoms with Crippen molar-refractivity contribution >= 4 is 29.7 Å². The maximum atomic E-state index is 12.5. The molecule has 1 saturated heterocycles. The molecule has 1 aliphatic rings. The molecule has 1 amide bonds. The second-order valence-electron chi connectivity index (χ2n) is 5.47. The summed E-state index contributed by atoms with van der Waals surface area (Å²) in [6.45, 7) is 4.97. The second-order valence-corrected chi connectivity index (χ2v) is 6.47. The van der Waals surface area contributed by atoms with Gasteiger partial charge in [0.05, 0.1) is 5.69 Å². The van der Waals surface area contributed by atoms with Crippen LogP contribution in [0, 0.1) is 6.92 Å². The number of thiazole rings is 1. The van der Waals surface area contributed by atoms with Gasteiger partial charge in [0.25, 0.3) is 5.91 Å². The number of nitrogens with one attached hydrogen (secondary N) is 2. The van der Waals surface area contributed by atoms with Gasteiger partial charge in [-0.3, -0.25) is 4.79 Å². The van der Waals surface area contributed by atoms with E-state index in [4.69, 9.17) is 0 Å². The molecule has 0 aromatic carbocycles. The molecule has 2 unspecified atom stereocenters. The highest BCUT2D eigenvalue weighted by Crippen LogP contribution is 2.25. The van der Waals surface area contributed by atoms with Crippen LogP contribution in [0.25, 0.3) is 10.8 Å². The molecule has 8 heteroatoms. The molecule has 2 N–H and O–H groups in total. The van der Waals surface area contributed by atoms with E-state index in [1.807, 2.05) is 6.92 Å². The van der Waals surface area contributed by atoms with Crippen LogP contribution in [0.2, 0.25) is 0 Å². The molecule has 0 spiro atoms. The number of amides is 1. The molecule has 0 bridgehead atoms. The number of carbonyl (C=O) groups excluding carboxylic acids is 1. The quantitative estimate of drug-likeness (QED) is 0.884. The minimum Gasteiger partial charge on any atom is -0.347 e. The number of aryl methyl sites for hydroxylation is 1. The fraction of sp³-hybridized carbons (Fsp3) is 0.467. The number of aromatic nitrogens is 3. The van der Waals surface area contributed by atoms with Crippen LogP contribution in [-0.4, -0.2) is 39.5 Å². The predicted molar refractivity (Wildman–Crippen MR) is 93.1 cm³/mol. The molecule has 23 heavy (non-hydrogen) atoms. The van der Waals surface area contributed by atoms with Gasteiger partial charge >= 0.3 is 0 Å². The van der Waals surface area contributed by atoms with E-state index in [0.29, 0.717) is 21.8 Å². The fourth-order valence-corrected chi connectivity index (χ4v) is 3.50. The van der Waals surface area contributed by atoms with Gasteiger partial charge in [0, 0.05) is 24.5 Å². The molecule has 1 aliphatic heterocycles. The Bertz CT molecular complexity index is 663. The molecule has 0 aliphatic carbocycles. The van der Waals surface area contributed by atoms with E-state index in [0.717, 1.165) is 25.1 Å². The SMILES string of the molecule is Cc1nc(-c2ncccn2)sc1C(=O)NC1CCCNC1C.Cl. The molecule has 2 atom stereocenters. The zero-order valence-electron chi connectivity index (χ0n) is 13.1. The van der Waals surface area contributed by atoms with Gasteiger partial charge in [0.1, 0.15) is 4.88 Å². The molecule has 1 fully saturated rings. The Morgan fingerprint density at radius 3 is 2.83 bits per heavy atom. The number of halogens is 1. The summed E-state index contributed by atoms with van der Waals surface area (Å²) < 4.78 is 0. The maximum absolute atomic E-state index is 12.5. The van der Waals surface area contributed by atoms with Gasteiger partial charge in [-0.2, -0.15) is 0 Å². The number of nitrogens with zero attached hydrogens (tertiary/aromatic N) is 3. The Labute approximate surface area is 145 Å². The standard InChI is InChI=1S/C15H19N5OS.ClH/c1-9-11(5-3-6-16-9)20-14(21)12-10(2)19-15(22-12)13-17-7-4-8-18-13;/h4,7-9,11,16H,3,5-6H2,1-2H3,(H,20,21);1H. The lowest BCUT2D eigenvalue weighted by Gasteiger charge is -2.30. The van der Waals surface area contributed by atoms with E-state index in [-0.39, 0.29) is 24.4 Å². The Morgan fingerprint density at radius 2 is 2.13 bits per heavy atom. The largest absolute Gasteiger partial charge is 0.347 e. The molecular weight excluding hydrogens is 334 g/mol. The van der Waals surface area contributed by atoms with Gasteiger partial charge in [-0.15, -0.1) is 23.7 Å². The lowest BCUT2D eigenvalue weighted by Crippen LogP contribution is -2.51. The van der Waals surface area contributed by atoms with E-state index < -0.39 is 0 Å². The first kappa shape index (κ1) is 17.8. The molecule has 3 rings (SSSR count). The number of hydrogen-bond acceptors (Lipinski definition) is 6. The van der Waals surface area contributed by atoms with Crippen molar-refractivity contribution in [2.75, 3.05) is 6.54 Å². The van der Waals surface area contributed by atoms with Crippen molar-refractivity contribution < 1.29 is 4.79 Å². The summed E-state index contributed by atoms with van der Waals surface area (Å²) in [5.74, 6) is 0.500. The third-order valence-electron chi connectivity index (χ3n) is 3.84. The summed E-state index contributed by atoms with van der Waals surface area (Å²) in [7, 11) is 0. The van der Waals surface area contributed by atoms with Crippen molar-refractivity contribution in [3.8, 4) is 10.8 Å². The predicted octanol–water partition coefficient (Wildman–Crippen LogP) is 2.20. The fourth-order valence-electron chi connectivity index (χ4n) is 2.59. The summed E-state index contributed by atoms with van der Waals surface area (Å²) in [6.07, 6.45) is 5.44. The van der Waals surface area contributed by atoms with Crippen molar-refractivity contribution in [3.63, 3.8) is 0 Å². The molecule has 3 heterocycles. The maximum Gasteiger partial charge on any atom is 0.263 e.